The van der Waals surface area contributed by atoms with Crippen LogP contribution in [0.25, 0.3) is 0 Å². The molecule has 0 unspecified atom stereocenters. The van der Waals surface area contributed by atoms with Crippen LogP contribution in [0.2, 0.25) is 0 Å². The Morgan fingerprint density at radius 1 is 1.26 bits per heavy atom. The molecule has 2 aromatic rings. The van der Waals surface area contributed by atoms with E-state index in [2.05, 4.69) is 15.6 Å². The second-order valence-corrected chi connectivity index (χ2v) is 4.56. The number of nitrogens with one attached hydrogen (secondary N) is 2. The van der Waals surface area contributed by atoms with Gasteiger partial charge < -0.3 is 10.6 Å². The molecular weight excluding hydrogens is 238 g/mol. The monoisotopic (exact) mass is 253 g/mol. The van der Waals surface area contributed by atoms with Crippen LogP contribution in [0.15, 0.2) is 42.7 Å². The molecule has 1 amide bonds. The number of carbonyl (C=O) groups excluding carboxylic acids is 1. The first-order valence-corrected chi connectivity index (χ1v) is 6.42. The van der Waals surface area contributed by atoms with Gasteiger partial charge in [-0.25, -0.2) is 0 Å². The minimum absolute atomic E-state index is 0.0754. The first-order chi connectivity index (χ1) is 9.34. The molecule has 1 aromatic heterocycles. The lowest BCUT2D eigenvalue weighted by Gasteiger charge is -2.20. The average Bonchev–Trinajstić information content (AvgIpc) is 2.47. The molecular formula is C15H15N3O. The smallest absolute Gasteiger partial charge is 0.256 e. The van der Waals surface area contributed by atoms with E-state index in [4.69, 9.17) is 0 Å². The second-order valence-electron chi connectivity index (χ2n) is 4.56. The van der Waals surface area contributed by atoms with Crippen molar-refractivity contribution in [3.05, 3.63) is 53.9 Å². The molecule has 4 heteroatoms. The third-order valence-electron chi connectivity index (χ3n) is 3.26. The number of amides is 1. The van der Waals surface area contributed by atoms with Crippen LogP contribution in [0.4, 0.5) is 11.4 Å². The van der Waals surface area contributed by atoms with Gasteiger partial charge in [-0.1, -0.05) is 6.07 Å². The van der Waals surface area contributed by atoms with Gasteiger partial charge in [-0.05, 0) is 42.7 Å². The summed E-state index contributed by atoms with van der Waals surface area (Å²) in [5.41, 5.74) is 3.64. The van der Waals surface area contributed by atoms with Gasteiger partial charge in [0.1, 0.15) is 0 Å². The van der Waals surface area contributed by atoms with E-state index in [-0.39, 0.29) is 5.91 Å². The van der Waals surface area contributed by atoms with Crippen molar-refractivity contribution >= 4 is 17.3 Å². The summed E-state index contributed by atoms with van der Waals surface area (Å²) in [5, 5.41) is 6.21. The van der Waals surface area contributed by atoms with E-state index in [0.717, 1.165) is 36.2 Å². The molecule has 1 aliphatic heterocycles. The van der Waals surface area contributed by atoms with E-state index in [1.165, 1.54) is 0 Å². The molecule has 0 spiro atoms. The van der Waals surface area contributed by atoms with Crippen LogP contribution in [0.5, 0.6) is 0 Å². The maximum absolute atomic E-state index is 12.3. The number of hydrogen-bond donors (Lipinski definition) is 2. The number of aromatic nitrogens is 1. The molecule has 96 valence electrons. The molecule has 0 bridgehead atoms. The zero-order valence-corrected chi connectivity index (χ0v) is 10.5. The van der Waals surface area contributed by atoms with Gasteiger partial charge in [0.15, 0.2) is 0 Å². The summed E-state index contributed by atoms with van der Waals surface area (Å²) in [6.07, 6.45) is 5.33. The van der Waals surface area contributed by atoms with Crippen LogP contribution < -0.4 is 10.6 Å². The molecule has 0 fully saturated rings. The molecule has 0 saturated carbocycles. The summed E-state index contributed by atoms with van der Waals surface area (Å²) >= 11 is 0. The molecule has 0 radical (unpaired) electrons. The van der Waals surface area contributed by atoms with Crippen LogP contribution in [0.1, 0.15) is 22.3 Å². The Labute approximate surface area is 111 Å². The first kappa shape index (κ1) is 11.7. The fourth-order valence-electron chi connectivity index (χ4n) is 2.36. The highest BCUT2D eigenvalue weighted by atomic mass is 16.1. The summed E-state index contributed by atoms with van der Waals surface area (Å²) in [7, 11) is 0. The Bertz CT molecular complexity index is 596. The van der Waals surface area contributed by atoms with Crippen LogP contribution in [-0.4, -0.2) is 17.4 Å². The van der Waals surface area contributed by atoms with Gasteiger partial charge in [-0.15, -0.1) is 0 Å². The summed E-state index contributed by atoms with van der Waals surface area (Å²) in [4.78, 5) is 16.3. The van der Waals surface area contributed by atoms with Gasteiger partial charge >= 0.3 is 0 Å². The number of hydrogen-bond acceptors (Lipinski definition) is 3. The SMILES string of the molecule is O=C(Nc1cccnc1)c1cccc2c1CCCN2. The van der Waals surface area contributed by atoms with Crippen molar-refractivity contribution in [3.63, 3.8) is 0 Å². The van der Waals surface area contributed by atoms with Crippen molar-refractivity contribution in [2.24, 2.45) is 0 Å². The highest BCUT2D eigenvalue weighted by molar-refractivity contribution is 6.06. The van der Waals surface area contributed by atoms with Crippen LogP contribution in [-0.2, 0) is 6.42 Å². The van der Waals surface area contributed by atoms with Crippen molar-refractivity contribution in [3.8, 4) is 0 Å². The maximum atomic E-state index is 12.3. The zero-order valence-electron chi connectivity index (χ0n) is 10.5. The van der Waals surface area contributed by atoms with Crippen LogP contribution in [0, 0.1) is 0 Å². The Morgan fingerprint density at radius 2 is 2.21 bits per heavy atom. The van der Waals surface area contributed by atoms with Crippen LogP contribution in [0.3, 0.4) is 0 Å². The lowest BCUT2D eigenvalue weighted by molar-refractivity contribution is 0.102. The molecule has 3 rings (SSSR count). The fraction of sp³-hybridized carbons (Fsp3) is 0.200. The van der Waals surface area contributed by atoms with Gasteiger partial charge in [-0.3, -0.25) is 9.78 Å². The van der Waals surface area contributed by atoms with E-state index in [1.54, 1.807) is 18.5 Å². The molecule has 2 heterocycles. The lowest BCUT2D eigenvalue weighted by Crippen LogP contribution is -2.19. The van der Waals surface area contributed by atoms with E-state index in [9.17, 15) is 4.79 Å². The predicted molar refractivity (Wildman–Crippen MR) is 75.4 cm³/mol. The topological polar surface area (TPSA) is 54.0 Å². The normalized spacial score (nSPS) is 13.3. The lowest BCUT2D eigenvalue weighted by atomic mass is 9.97. The quantitative estimate of drug-likeness (QED) is 0.865. The molecule has 0 atom stereocenters. The van der Waals surface area contributed by atoms with Crippen molar-refractivity contribution in [2.75, 3.05) is 17.2 Å². The third kappa shape index (κ3) is 2.42. The number of benzene rings is 1. The highest BCUT2D eigenvalue weighted by Crippen LogP contribution is 2.25. The van der Waals surface area contributed by atoms with Gasteiger partial charge in [0.2, 0.25) is 0 Å². The van der Waals surface area contributed by atoms with Gasteiger partial charge in [0.05, 0.1) is 11.9 Å². The van der Waals surface area contributed by atoms with Gasteiger partial charge in [0.25, 0.3) is 5.91 Å². The fourth-order valence-corrected chi connectivity index (χ4v) is 2.36. The standard InChI is InChI=1S/C15H15N3O/c19-15(18-11-4-2-8-16-10-11)13-5-1-7-14-12(13)6-3-9-17-14/h1-2,4-5,7-8,10,17H,3,6,9H2,(H,18,19). The van der Waals surface area contributed by atoms with Crippen molar-refractivity contribution in [1.82, 2.24) is 4.98 Å². The Balaban J connectivity index is 1.88. The number of carbonyl (C=O) groups is 1. The number of pyridine rings is 1. The summed E-state index contributed by atoms with van der Waals surface area (Å²) < 4.78 is 0. The molecule has 2 N–H and O–H groups in total. The predicted octanol–water partition coefficient (Wildman–Crippen LogP) is 2.69. The molecule has 19 heavy (non-hydrogen) atoms. The summed E-state index contributed by atoms with van der Waals surface area (Å²) in [5.74, 6) is -0.0754. The first-order valence-electron chi connectivity index (χ1n) is 6.42. The molecule has 4 nitrogen and oxygen atoms in total. The molecule has 1 aliphatic rings. The number of anilines is 2. The minimum atomic E-state index is -0.0754. The van der Waals surface area contributed by atoms with E-state index in [0.29, 0.717) is 5.69 Å². The van der Waals surface area contributed by atoms with E-state index >= 15 is 0 Å². The Hall–Kier alpha value is -2.36. The Morgan fingerprint density at radius 3 is 3.05 bits per heavy atom. The van der Waals surface area contributed by atoms with Gasteiger partial charge in [-0.2, -0.15) is 0 Å². The van der Waals surface area contributed by atoms with Crippen molar-refractivity contribution in [1.29, 1.82) is 0 Å². The molecule has 0 aliphatic carbocycles. The van der Waals surface area contributed by atoms with Crippen molar-refractivity contribution in [2.45, 2.75) is 12.8 Å². The van der Waals surface area contributed by atoms with Crippen molar-refractivity contribution < 1.29 is 4.79 Å². The Kier molecular flexibility index (Phi) is 3.14. The third-order valence-corrected chi connectivity index (χ3v) is 3.26. The average molecular weight is 253 g/mol. The van der Waals surface area contributed by atoms with Gasteiger partial charge in [0, 0.05) is 24.0 Å². The molecule has 0 saturated heterocycles. The largest absolute Gasteiger partial charge is 0.385 e. The molecule has 1 aromatic carbocycles. The minimum Gasteiger partial charge on any atom is -0.385 e. The van der Waals surface area contributed by atoms with Crippen LogP contribution >= 0.6 is 0 Å². The summed E-state index contributed by atoms with van der Waals surface area (Å²) in [6, 6.07) is 9.44. The van der Waals surface area contributed by atoms with E-state index < -0.39 is 0 Å². The highest BCUT2D eigenvalue weighted by Gasteiger charge is 2.17. The zero-order chi connectivity index (χ0) is 13.1. The number of fused-ring (bicyclic) bond motifs is 1. The summed E-state index contributed by atoms with van der Waals surface area (Å²) in [6.45, 7) is 0.973. The second kappa shape index (κ2) is 5.10. The number of rotatable bonds is 2. The maximum Gasteiger partial charge on any atom is 0.256 e. The number of nitrogens with zero attached hydrogens (tertiary/aromatic N) is 1. The van der Waals surface area contributed by atoms with E-state index in [1.807, 2.05) is 24.3 Å².